The fourth-order valence-corrected chi connectivity index (χ4v) is 12.4. The largest absolute Gasteiger partial charge is 0.310 e. The van der Waals surface area contributed by atoms with Crippen LogP contribution in [0.5, 0.6) is 0 Å². The van der Waals surface area contributed by atoms with E-state index in [1.54, 1.807) is 12.2 Å². The van der Waals surface area contributed by atoms with Gasteiger partial charge in [0.25, 0.3) is 0 Å². The number of halogens is 4. The Bertz CT molecular complexity index is 3880. The first-order valence-corrected chi connectivity index (χ1v) is 25.6. The molecule has 0 amide bonds. The molecule has 2 unspecified atom stereocenters. The summed E-state index contributed by atoms with van der Waals surface area (Å²) in [6.07, 6.45) is 3.56. The van der Waals surface area contributed by atoms with Gasteiger partial charge >= 0.3 is 0 Å². The van der Waals surface area contributed by atoms with Gasteiger partial charge in [-0.1, -0.05) is 195 Å². The lowest BCUT2D eigenvalue weighted by atomic mass is 9.67. The molecule has 368 valence electrons. The molecular formula is C72H47F4N. The predicted octanol–water partition coefficient (Wildman–Crippen LogP) is 19.1. The maximum absolute atomic E-state index is 15.8. The summed E-state index contributed by atoms with van der Waals surface area (Å²) in [5.74, 6) is -2.72. The molecule has 0 heterocycles. The van der Waals surface area contributed by atoms with Crippen LogP contribution in [0.4, 0.5) is 34.6 Å². The van der Waals surface area contributed by atoms with Gasteiger partial charge in [-0.05, 0) is 167 Å². The van der Waals surface area contributed by atoms with Crippen molar-refractivity contribution >= 4 is 29.2 Å². The maximum Gasteiger partial charge on any atom is 0.126 e. The van der Waals surface area contributed by atoms with E-state index in [0.29, 0.717) is 11.1 Å². The van der Waals surface area contributed by atoms with Crippen molar-refractivity contribution < 1.29 is 17.6 Å². The monoisotopic (exact) mass is 1000 g/mol. The van der Waals surface area contributed by atoms with Crippen molar-refractivity contribution in [3.8, 4) is 44.5 Å². The van der Waals surface area contributed by atoms with Crippen LogP contribution in [-0.2, 0) is 10.8 Å². The van der Waals surface area contributed by atoms with Crippen LogP contribution in [0.15, 0.2) is 262 Å². The lowest BCUT2D eigenvalue weighted by Gasteiger charge is -2.36. The minimum absolute atomic E-state index is 0.447. The molecule has 0 aromatic heterocycles. The summed E-state index contributed by atoms with van der Waals surface area (Å²) in [4.78, 5) is 2.20. The Kier molecular flexibility index (Phi) is 11.4. The molecule has 11 aromatic carbocycles. The van der Waals surface area contributed by atoms with Crippen molar-refractivity contribution in [3.05, 3.63) is 341 Å². The van der Waals surface area contributed by atoms with Gasteiger partial charge in [0.2, 0.25) is 0 Å². The van der Waals surface area contributed by atoms with Crippen LogP contribution in [0.1, 0.15) is 55.6 Å². The van der Waals surface area contributed by atoms with E-state index in [-0.39, 0.29) is 0 Å². The molecule has 0 saturated heterocycles. The average molecular weight is 1000 g/mol. The van der Waals surface area contributed by atoms with E-state index in [4.69, 9.17) is 0 Å². The lowest BCUT2D eigenvalue weighted by molar-refractivity contribution is 0.573. The van der Waals surface area contributed by atoms with Gasteiger partial charge in [0, 0.05) is 29.2 Å². The number of benzene rings is 11. The van der Waals surface area contributed by atoms with Crippen LogP contribution in [0.3, 0.4) is 0 Å². The quantitative estimate of drug-likeness (QED) is 0.117. The van der Waals surface area contributed by atoms with Gasteiger partial charge in [-0.15, -0.1) is 0 Å². The van der Waals surface area contributed by atoms with E-state index in [0.717, 1.165) is 118 Å². The molecule has 11 aromatic rings. The zero-order valence-corrected chi connectivity index (χ0v) is 41.7. The topological polar surface area (TPSA) is 3.24 Å². The van der Waals surface area contributed by atoms with E-state index in [1.165, 1.54) is 24.3 Å². The van der Waals surface area contributed by atoms with Crippen LogP contribution in [-0.4, -0.2) is 0 Å². The number of hydrogen-bond acceptors (Lipinski definition) is 1. The zero-order chi connectivity index (χ0) is 52.4. The molecule has 2 atom stereocenters. The Morgan fingerprint density at radius 2 is 0.662 bits per heavy atom. The molecule has 0 N–H and O–H groups in total. The minimum atomic E-state index is -1.17. The third-order valence-corrected chi connectivity index (χ3v) is 15.8. The van der Waals surface area contributed by atoms with Gasteiger partial charge in [0.1, 0.15) is 23.3 Å². The van der Waals surface area contributed by atoms with E-state index in [9.17, 15) is 0 Å². The van der Waals surface area contributed by atoms with Gasteiger partial charge in [-0.25, -0.2) is 17.6 Å². The highest BCUT2D eigenvalue weighted by Crippen LogP contribution is 2.60. The molecule has 0 bridgehead atoms. The molecule has 0 aliphatic heterocycles. The molecule has 5 heteroatoms. The first-order valence-electron chi connectivity index (χ1n) is 25.6. The maximum atomic E-state index is 15.8. The molecule has 2 aliphatic carbocycles. The fraction of sp³-hybridized carbons (Fsp3) is 0.0278. The van der Waals surface area contributed by atoms with E-state index >= 15 is 17.6 Å². The van der Waals surface area contributed by atoms with Crippen molar-refractivity contribution in [2.75, 3.05) is 4.90 Å². The first kappa shape index (κ1) is 47.2. The third-order valence-electron chi connectivity index (χ3n) is 15.8. The summed E-state index contributed by atoms with van der Waals surface area (Å²) in [7, 11) is 0. The first-order chi connectivity index (χ1) is 37.7. The Balaban J connectivity index is 1.07. The summed E-state index contributed by atoms with van der Waals surface area (Å²) in [6, 6.07) is 79.8. The Hall–Kier alpha value is -9.58. The van der Waals surface area contributed by atoms with Gasteiger partial charge in [-0.2, -0.15) is 0 Å². The van der Waals surface area contributed by atoms with Crippen LogP contribution in [0.2, 0.25) is 0 Å². The molecule has 0 fully saturated rings. The van der Waals surface area contributed by atoms with Crippen molar-refractivity contribution in [2.45, 2.75) is 10.8 Å². The highest BCUT2D eigenvalue weighted by Gasteiger charge is 2.49. The third kappa shape index (κ3) is 7.60. The molecular weight excluding hydrogens is 955 g/mol. The van der Waals surface area contributed by atoms with Crippen molar-refractivity contribution in [1.29, 1.82) is 0 Å². The molecule has 13 rings (SSSR count). The minimum Gasteiger partial charge on any atom is -0.310 e. The van der Waals surface area contributed by atoms with Gasteiger partial charge in [0.05, 0.1) is 10.8 Å². The van der Waals surface area contributed by atoms with E-state index in [1.807, 2.05) is 91.0 Å². The lowest BCUT2D eigenvalue weighted by Crippen LogP contribution is -2.29. The van der Waals surface area contributed by atoms with Crippen molar-refractivity contribution in [1.82, 2.24) is 0 Å². The fourth-order valence-electron chi connectivity index (χ4n) is 12.4. The molecule has 0 radical (unpaired) electrons. The molecule has 2 aliphatic rings. The smallest absolute Gasteiger partial charge is 0.126 e. The second kappa shape index (κ2) is 18.7. The van der Waals surface area contributed by atoms with Crippen LogP contribution in [0, 0.1) is 23.3 Å². The van der Waals surface area contributed by atoms with Crippen molar-refractivity contribution in [3.63, 3.8) is 0 Å². The Labute approximate surface area is 445 Å². The second-order valence-corrected chi connectivity index (χ2v) is 19.8. The SMILES string of the molecule is C=Cc1ccc(C2(c3cc(F)cc(F)c3)c3ccccc3-c3ccc(N(c4ccc(-c5cccc(-c6ccccc6)c5)cc4)c4ccc5c(c4)C(c4ccc(C=C)cc4)(c4cc(F)cc(F)c4)c4ccccc4-5)cc32)cc1. The normalized spacial score (nSPS) is 15.7. The van der Waals surface area contributed by atoms with Gasteiger partial charge in [0.15, 0.2) is 0 Å². The van der Waals surface area contributed by atoms with Gasteiger partial charge < -0.3 is 4.90 Å². The predicted molar refractivity (Wildman–Crippen MR) is 307 cm³/mol. The number of hydrogen-bond donors (Lipinski definition) is 0. The molecule has 0 spiro atoms. The summed E-state index contributed by atoms with van der Waals surface area (Å²) < 4.78 is 63.4. The molecule has 77 heavy (non-hydrogen) atoms. The highest BCUT2D eigenvalue weighted by atomic mass is 19.1. The number of anilines is 3. The number of rotatable bonds is 11. The number of nitrogens with zero attached hydrogens (tertiary/aromatic N) is 1. The summed E-state index contributed by atoms with van der Waals surface area (Å²) >= 11 is 0. The zero-order valence-electron chi connectivity index (χ0n) is 41.7. The van der Waals surface area contributed by atoms with E-state index in [2.05, 4.69) is 139 Å². The van der Waals surface area contributed by atoms with E-state index < -0.39 is 34.1 Å². The molecule has 1 nitrogen and oxygen atoms in total. The Morgan fingerprint density at radius 1 is 0.286 bits per heavy atom. The van der Waals surface area contributed by atoms with Crippen molar-refractivity contribution in [2.24, 2.45) is 0 Å². The highest BCUT2D eigenvalue weighted by molar-refractivity contribution is 5.93. The second-order valence-electron chi connectivity index (χ2n) is 19.8. The standard InChI is InChI=1S/C72H47F4N/c1-3-46-21-27-52(28-22-46)71(54-38-56(73)42-57(74)39-54)67-19-10-8-17-63(67)65-35-33-61(44-69(65)71)77(60-31-25-49(26-32-60)51-16-12-15-50(37-51)48-13-6-5-7-14-48)62-34-36-66-64-18-9-11-20-68(64)72(70(66)45-62,53-29-23-47(4-2)24-30-53)55-40-58(75)43-59(76)41-55/h3-45H,1-2H2. The van der Waals surface area contributed by atoms with Crippen LogP contribution < -0.4 is 4.90 Å². The van der Waals surface area contributed by atoms with Crippen LogP contribution in [0.25, 0.3) is 56.7 Å². The average Bonchev–Trinajstić information content (AvgIpc) is 3.98. The summed E-state index contributed by atoms with van der Waals surface area (Å²) in [6.45, 7) is 8.01. The summed E-state index contributed by atoms with van der Waals surface area (Å²) in [5, 5.41) is 0. The van der Waals surface area contributed by atoms with Gasteiger partial charge in [-0.3, -0.25) is 0 Å². The Morgan fingerprint density at radius 3 is 1.10 bits per heavy atom. The number of fused-ring (bicyclic) bond motifs is 6. The van der Waals surface area contributed by atoms with Crippen LogP contribution >= 0.6 is 0 Å². The molecule has 0 saturated carbocycles. The summed E-state index contributed by atoms with van der Waals surface area (Å²) in [5.41, 5.74) is 15.9.